The van der Waals surface area contributed by atoms with Gasteiger partial charge in [0.1, 0.15) is 5.82 Å². The number of rotatable bonds is 4. The summed E-state index contributed by atoms with van der Waals surface area (Å²) in [4.78, 5) is 12.2. The third kappa shape index (κ3) is 2.90. The average molecular weight is 256 g/mol. The van der Waals surface area contributed by atoms with Crippen LogP contribution >= 0.6 is 0 Å². The molecule has 98 valence electrons. The second kappa shape index (κ2) is 5.79. The molecular weight excluding hydrogens is 239 g/mol. The zero-order valence-electron chi connectivity index (χ0n) is 11.2. The first-order valence-electron chi connectivity index (χ1n) is 6.52. The summed E-state index contributed by atoms with van der Waals surface area (Å²) in [5.41, 5.74) is 1.85. The molecule has 0 aromatic heterocycles. The van der Waals surface area contributed by atoms with Crippen molar-refractivity contribution in [2.24, 2.45) is 0 Å². The standard InChI is InChI=1S/C17H17FO/c1-3-12(2)13-8-10-14(11-9-13)17(19)15-6-4-5-7-16(15)18/h4-12H,3H2,1-2H3. The number of halogens is 1. The summed E-state index contributed by atoms with van der Waals surface area (Å²) in [6.45, 7) is 4.27. The molecule has 0 fully saturated rings. The van der Waals surface area contributed by atoms with Crippen LogP contribution in [0.5, 0.6) is 0 Å². The van der Waals surface area contributed by atoms with Crippen LogP contribution in [0.3, 0.4) is 0 Å². The van der Waals surface area contributed by atoms with E-state index in [2.05, 4.69) is 13.8 Å². The summed E-state index contributed by atoms with van der Waals surface area (Å²) in [6, 6.07) is 13.5. The SMILES string of the molecule is CCC(C)c1ccc(C(=O)c2ccccc2F)cc1. The molecule has 0 heterocycles. The van der Waals surface area contributed by atoms with Crippen molar-refractivity contribution >= 4 is 5.78 Å². The fraction of sp³-hybridized carbons (Fsp3) is 0.235. The minimum atomic E-state index is -0.474. The molecule has 0 saturated carbocycles. The molecule has 19 heavy (non-hydrogen) atoms. The molecule has 2 aromatic carbocycles. The Labute approximate surface area is 113 Å². The highest BCUT2D eigenvalue weighted by molar-refractivity contribution is 6.09. The third-order valence-electron chi connectivity index (χ3n) is 3.47. The van der Waals surface area contributed by atoms with Crippen LogP contribution in [0, 0.1) is 5.82 Å². The molecule has 0 amide bonds. The number of benzene rings is 2. The molecule has 1 unspecified atom stereocenters. The van der Waals surface area contributed by atoms with Gasteiger partial charge in [0, 0.05) is 5.56 Å². The maximum Gasteiger partial charge on any atom is 0.195 e. The predicted molar refractivity (Wildman–Crippen MR) is 75.0 cm³/mol. The summed E-state index contributed by atoms with van der Waals surface area (Å²) in [5.74, 6) is -0.273. The van der Waals surface area contributed by atoms with Gasteiger partial charge in [0.05, 0.1) is 5.56 Å². The molecule has 0 aliphatic carbocycles. The highest BCUT2D eigenvalue weighted by atomic mass is 19.1. The lowest BCUT2D eigenvalue weighted by Crippen LogP contribution is -2.04. The van der Waals surface area contributed by atoms with Crippen LogP contribution in [-0.4, -0.2) is 5.78 Å². The maximum absolute atomic E-state index is 13.6. The Morgan fingerprint density at radius 1 is 1.11 bits per heavy atom. The second-order valence-electron chi connectivity index (χ2n) is 4.74. The van der Waals surface area contributed by atoms with Gasteiger partial charge in [-0.3, -0.25) is 4.79 Å². The lowest BCUT2D eigenvalue weighted by atomic mass is 9.95. The Kier molecular flexibility index (Phi) is 4.10. The Bertz CT molecular complexity index is 572. The van der Waals surface area contributed by atoms with Gasteiger partial charge in [-0.15, -0.1) is 0 Å². The van der Waals surface area contributed by atoms with Crippen molar-refractivity contribution in [3.63, 3.8) is 0 Å². The van der Waals surface area contributed by atoms with E-state index in [4.69, 9.17) is 0 Å². The van der Waals surface area contributed by atoms with Crippen LogP contribution in [0.1, 0.15) is 47.7 Å². The minimum absolute atomic E-state index is 0.124. The van der Waals surface area contributed by atoms with Gasteiger partial charge >= 0.3 is 0 Å². The van der Waals surface area contributed by atoms with E-state index in [1.807, 2.05) is 12.1 Å². The predicted octanol–water partition coefficient (Wildman–Crippen LogP) is 4.57. The van der Waals surface area contributed by atoms with Crippen molar-refractivity contribution in [1.82, 2.24) is 0 Å². The first kappa shape index (κ1) is 13.5. The number of hydrogen-bond acceptors (Lipinski definition) is 1. The first-order chi connectivity index (χ1) is 9.13. The summed E-state index contributed by atoms with van der Waals surface area (Å²) in [6.07, 6.45) is 1.06. The fourth-order valence-corrected chi connectivity index (χ4v) is 2.00. The van der Waals surface area contributed by atoms with Gasteiger partial charge in [0.25, 0.3) is 0 Å². The Morgan fingerprint density at radius 3 is 2.32 bits per heavy atom. The van der Waals surface area contributed by atoms with E-state index in [9.17, 15) is 9.18 Å². The molecule has 2 heteroatoms. The van der Waals surface area contributed by atoms with Gasteiger partial charge in [-0.25, -0.2) is 4.39 Å². The topological polar surface area (TPSA) is 17.1 Å². The van der Waals surface area contributed by atoms with E-state index in [1.54, 1.807) is 24.3 Å². The highest BCUT2D eigenvalue weighted by Crippen LogP contribution is 2.20. The van der Waals surface area contributed by atoms with Gasteiger partial charge < -0.3 is 0 Å². The van der Waals surface area contributed by atoms with Crippen LogP contribution in [0.15, 0.2) is 48.5 Å². The lowest BCUT2D eigenvalue weighted by Gasteiger charge is -2.09. The normalized spacial score (nSPS) is 12.2. The fourth-order valence-electron chi connectivity index (χ4n) is 2.00. The maximum atomic E-state index is 13.6. The van der Waals surface area contributed by atoms with E-state index >= 15 is 0 Å². The van der Waals surface area contributed by atoms with Gasteiger partial charge in [-0.05, 0) is 30.0 Å². The first-order valence-corrected chi connectivity index (χ1v) is 6.52. The molecule has 0 aliphatic rings. The average Bonchev–Trinajstić information content (AvgIpc) is 2.46. The van der Waals surface area contributed by atoms with Crippen molar-refractivity contribution in [1.29, 1.82) is 0 Å². The molecule has 2 rings (SSSR count). The molecule has 1 nitrogen and oxygen atoms in total. The molecule has 0 N–H and O–H groups in total. The number of ketones is 1. The molecule has 2 aromatic rings. The van der Waals surface area contributed by atoms with Crippen molar-refractivity contribution in [3.05, 3.63) is 71.0 Å². The quantitative estimate of drug-likeness (QED) is 0.732. The van der Waals surface area contributed by atoms with Crippen molar-refractivity contribution < 1.29 is 9.18 Å². The Balaban J connectivity index is 2.28. The number of carbonyl (C=O) groups excluding carboxylic acids is 1. The van der Waals surface area contributed by atoms with Crippen molar-refractivity contribution in [2.45, 2.75) is 26.2 Å². The molecule has 0 aliphatic heterocycles. The van der Waals surface area contributed by atoms with Gasteiger partial charge in [0.2, 0.25) is 0 Å². The summed E-state index contributed by atoms with van der Waals surface area (Å²) in [7, 11) is 0. The zero-order chi connectivity index (χ0) is 13.8. The number of carbonyl (C=O) groups is 1. The van der Waals surface area contributed by atoms with E-state index in [0.717, 1.165) is 6.42 Å². The van der Waals surface area contributed by atoms with Crippen LogP contribution in [0.2, 0.25) is 0 Å². The number of hydrogen-bond donors (Lipinski definition) is 0. The van der Waals surface area contributed by atoms with Crippen LogP contribution in [0.25, 0.3) is 0 Å². The zero-order valence-corrected chi connectivity index (χ0v) is 11.2. The largest absolute Gasteiger partial charge is 0.288 e. The third-order valence-corrected chi connectivity index (χ3v) is 3.47. The van der Waals surface area contributed by atoms with Gasteiger partial charge in [0.15, 0.2) is 5.78 Å². The van der Waals surface area contributed by atoms with Crippen molar-refractivity contribution in [2.75, 3.05) is 0 Å². The van der Waals surface area contributed by atoms with Gasteiger partial charge in [-0.1, -0.05) is 50.2 Å². The molecule has 0 bridgehead atoms. The van der Waals surface area contributed by atoms with E-state index in [0.29, 0.717) is 11.5 Å². The van der Waals surface area contributed by atoms with Crippen LogP contribution < -0.4 is 0 Å². The monoisotopic (exact) mass is 256 g/mol. The van der Waals surface area contributed by atoms with E-state index < -0.39 is 5.82 Å². The van der Waals surface area contributed by atoms with Crippen molar-refractivity contribution in [3.8, 4) is 0 Å². The molecular formula is C17H17FO. The second-order valence-corrected chi connectivity index (χ2v) is 4.74. The summed E-state index contributed by atoms with van der Waals surface area (Å²) >= 11 is 0. The molecule has 0 spiro atoms. The van der Waals surface area contributed by atoms with E-state index in [-0.39, 0.29) is 11.3 Å². The molecule has 0 saturated heterocycles. The van der Waals surface area contributed by atoms with Gasteiger partial charge in [-0.2, -0.15) is 0 Å². The van der Waals surface area contributed by atoms with E-state index in [1.165, 1.54) is 17.7 Å². The highest BCUT2D eigenvalue weighted by Gasteiger charge is 2.13. The Hall–Kier alpha value is -1.96. The lowest BCUT2D eigenvalue weighted by molar-refractivity contribution is 0.103. The molecule has 1 atom stereocenters. The minimum Gasteiger partial charge on any atom is -0.288 e. The summed E-state index contributed by atoms with van der Waals surface area (Å²) < 4.78 is 13.6. The Morgan fingerprint density at radius 2 is 1.74 bits per heavy atom. The van der Waals surface area contributed by atoms with Crippen LogP contribution in [-0.2, 0) is 0 Å². The smallest absolute Gasteiger partial charge is 0.195 e. The van der Waals surface area contributed by atoms with Crippen LogP contribution in [0.4, 0.5) is 4.39 Å². The molecule has 0 radical (unpaired) electrons. The summed E-state index contributed by atoms with van der Waals surface area (Å²) in [5, 5.41) is 0.